The smallest absolute Gasteiger partial charge is 0.225 e. The van der Waals surface area contributed by atoms with E-state index >= 15 is 0 Å². The van der Waals surface area contributed by atoms with E-state index in [0.29, 0.717) is 11.8 Å². The standard InChI is InChI=1S/C15H25NO/c1-12(2)6-5-7-13(3)10-11-16(4)15(17)14-8-9-14/h6,10,14H,5,7-9,11H2,1-4H3/b13-10-. The lowest BCUT2D eigenvalue weighted by atomic mass is 10.1. The molecular formula is C15H25NO. The Kier molecular flexibility index (Phi) is 5.46. The second-order valence-electron chi connectivity index (χ2n) is 5.36. The third-order valence-electron chi connectivity index (χ3n) is 3.11. The normalized spacial score (nSPS) is 15.6. The van der Waals surface area contributed by atoms with Crippen molar-refractivity contribution >= 4 is 5.91 Å². The molecule has 0 saturated heterocycles. The van der Waals surface area contributed by atoms with E-state index in [4.69, 9.17) is 0 Å². The van der Waals surface area contributed by atoms with Crippen LogP contribution in [0.4, 0.5) is 0 Å². The summed E-state index contributed by atoms with van der Waals surface area (Å²) in [5.41, 5.74) is 2.75. The summed E-state index contributed by atoms with van der Waals surface area (Å²) in [6, 6.07) is 0. The molecule has 2 heteroatoms. The Labute approximate surface area is 105 Å². The molecule has 0 spiro atoms. The van der Waals surface area contributed by atoms with Gasteiger partial charge in [0.25, 0.3) is 0 Å². The summed E-state index contributed by atoms with van der Waals surface area (Å²) in [6.07, 6.45) is 8.82. The van der Waals surface area contributed by atoms with Crippen LogP contribution in [0.15, 0.2) is 23.3 Å². The van der Waals surface area contributed by atoms with Crippen molar-refractivity contribution in [2.75, 3.05) is 13.6 Å². The summed E-state index contributed by atoms with van der Waals surface area (Å²) >= 11 is 0. The highest BCUT2D eigenvalue weighted by atomic mass is 16.2. The minimum Gasteiger partial charge on any atom is -0.342 e. The molecule has 96 valence electrons. The highest BCUT2D eigenvalue weighted by Gasteiger charge is 2.31. The quantitative estimate of drug-likeness (QED) is 0.645. The van der Waals surface area contributed by atoms with Gasteiger partial charge < -0.3 is 4.90 Å². The molecular weight excluding hydrogens is 210 g/mol. The fraction of sp³-hybridized carbons (Fsp3) is 0.667. The molecule has 0 N–H and O–H groups in total. The number of rotatable bonds is 6. The van der Waals surface area contributed by atoms with Crippen molar-refractivity contribution < 1.29 is 4.79 Å². The second kappa shape index (κ2) is 6.63. The molecule has 0 atom stereocenters. The van der Waals surface area contributed by atoms with Crippen molar-refractivity contribution in [3.05, 3.63) is 23.3 Å². The van der Waals surface area contributed by atoms with Crippen LogP contribution in [0.2, 0.25) is 0 Å². The van der Waals surface area contributed by atoms with Crippen molar-refractivity contribution in [1.82, 2.24) is 4.90 Å². The van der Waals surface area contributed by atoms with E-state index < -0.39 is 0 Å². The zero-order valence-corrected chi connectivity index (χ0v) is 11.6. The predicted octanol–water partition coefficient (Wildman–Crippen LogP) is 3.55. The molecule has 1 aliphatic rings. The molecule has 0 heterocycles. The van der Waals surface area contributed by atoms with E-state index in [0.717, 1.165) is 32.2 Å². The molecule has 0 radical (unpaired) electrons. The third kappa shape index (κ3) is 5.71. The lowest BCUT2D eigenvalue weighted by Crippen LogP contribution is -2.28. The first kappa shape index (κ1) is 14.0. The van der Waals surface area contributed by atoms with Gasteiger partial charge >= 0.3 is 0 Å². The lowest BCUT2D eigenvalue weighted by Gasteiger charge is -2.15. The molecule has 0 aromatic rings. The number of carbonyl (C=O) groups is 1. The number of allylic oxidation sites excluding steroid dienone is 3. The van der Waals surface area contributed by atoms with Crippen LogP contribution < -0.4 is 0 Å². The Bertz CT molecular complexity index is 320. The van der Waals surface area contributed by atoms with Gasteiger partial charge in [-0.15, -0.1) is 0 Å². The average molecular weight is 235 g/mol. The molecule has 1 aliphatic carbocycles. The van der Waals surface area contributed by atoms with E-state index in [9.17, 15) is 4.79 Å². The number of hydrogen-bond donors (Lipinski definition) is 0. The molecule has 0 aromatic heterocycles. The third-order valence-corrected chi connectivity index (χ3v) is 3.11. The minimum atomic E-state index is 0.318. The monoisotopic (exact) mass is 235 g/mol. The highest BCUT2D eigenvalue weighted by molar-refractivity contribution is 5.80. The summed E-state index contributed by atoms with van der Waals surface area (Å²) in [5.74, 6) is 0.651. The van der Waals surface area contributed by atoms with Gasteiger partial charge in [-0.05, 0) is 46.5 Å². The molecule has 0 aliphatic heterocycles. The van der Waals surface area contributed by atoms with Gasteiger partial charge in [0.15, 0.2) is 0 Å². The maximum Gasteiger partial charge on any atom is 0.225 e. The predicted molar refractivity (Wildman–Crippen MR) is 72.8 cm³/mol. The van der Waals surface area contributed by atoms with Crippen molar-refractivity contribution in [1.29, 1.82) is 0 Å². The Morgan fingerprint density at radius 2 is 1.88 bits per heavy atom. The number of amides is 1. The maximum absolute atomic E-state index is 11.7. The second-order valence-corrected chi connectivity index (χ2v) is 5.36. The Morgan fingerprint density at radius 1 is 1.24 bits per heavy atom. The van der Waals surface area contributed by atoms with Crippen molar-refractivity contribution in [3.63, 3.8) is 0 Å². The largest absolute Gasteiger partial charge is 0.342 e. The number of hydrogen-bond acceptors (Lipinski definition) is 1. The van der Waals surface area contributed by atoms with E-state index in [2.05, 4.69) is 32.9 Å². The zero-order valence-electron chi connectivity index (χ0n) is 11.6. The van der Waals surface area contributed by atoms with Gasteiger partial charge in [0.05, 0.1) is 0 Å². The number of likely N-dealkylation sites (N-methyl/N-ethyl adjacent to an activating group) is 1. The Morgan fingerprint density at radius 3 is 2.41 bits per heavy atom. The van der Waals surface area contributed by atoms with Gasteiger partial charge in [0.1, 0.15) is 0 Å². The fourth-order valence-corrected chi connectivity index (χ4v) is 1.72. The molecule has 0 aromatic carbocycles. The maximum atomic E-state index is 11.7. The average Bonchev–Trinajstić information content (AvgIpc) is 3.08. The van der Waals surface area contributed by atoms with Gasteiger partial charge in [-0.3, -0.25) is 4.79 Å². The van der Waals surface area contributed by atoms with Crippen LogP contribution in [-0.2, 0) is 4.79 Å². The van der Waals surface area contributed by atoms with Crippen LogP contribution >= 0.6 is 0 Å². The number of carbonyl (C=O) groups excluding carboxylic acids is 1. The molecule has 0 unspecified atom stereocenters. The summed E-state index contributed by atoms with van der Waals surface area (Å²) in [6.45, 7) is 7.16. The van der Waals surface area contributed by atoms with Crippen LogP contribution in [-0.4, -0.2) is 24.4 Å². The fourth-order valence-electron chi connectivity index (χ4n) is 1.72. The van der Waals surface area contributed by atoms with Crippen molar-refractivity contribution in [2.24, 2.45) is 5.92 Å². The van der Waals surface area contributed by atoms with Gasteiger partial charge in [0.2, 0.25) is 5.91 Å². The zero-order chi connectivity index (χ0) is 12.8. The summed E-state index contributed by atoms with van der Waals surface area (Å²) in [7, 11) is 1.90. The Balaban J connectivity index is 2.26. The van der Waals surface area contributed by atoms with Gasteiger partial charge in [-0.25, -0.2) is 0 Å². The van der Waals surface area contributed by atoms with Crippen LogP contribution in [0, 0.1) is 5.92 Å². The van der Waals surface area contributed by atoms with Crippen LogP contribution in [0.5, 0.6) is 0 Å². The first-order chi connectivity index (χ1) is 8.00. The van der Waals surface area contributed by atoms with Gasteiger partial charge in [0, 0.05) is 19.5 Å². The molecule has 1 fully saturated rings. The van der Waals surface area contributed by atoms with E-state index in [1.165, 1.54) is 11.1 Å². The SMILES string of the molecule is CC(C)=CCC/C(C)=C\CN(C)C(=O)C1CC1. The Hall–Kier alpha value is -1.05. The van der Waals surface area contributed by atoms with E-state index in [1.54, 1.807) is 0 Å². The molecule has 0 bridgehead atoms. The number of nitrogens with zero attached hydrogens (tertiary/aromatic N) is 1. The van der Waals surface area contributed by atoms with Crippen molar-refractivity contribution in [3.8, 4) is 0 Å². The summed E-state index contributed by atoms with van der Waals surface area (Å²) in [5, 5.41) is 0. The first-order valence-electron chi connectivity index (χ1n) is 6.54. The first-order valence-corrected chi connectivity index (χ1v) is 6.54. The highest BCUT2D eigenvalue weighted by Crippen LogP contribution is 2.30. The summed E-state index contributed by atoms with van der Waals surface area (Å²) in [4.78, 5) is 13.6. The van der Waals surface area contributed by atoms with Crippen molar-refractivity contribution in [2.45, 2.75) is 46.5 Å². The minimum absolute atomic E-state index is 0.318. The van der Waals surface area contributed by atoms with Crippen LogP contribution in [0.25, 0.3) is 0 Å². The van der Waals surface area contributed by atoms with Crippen LogP contribution in [0.3, 0.4) is 0 Å². The summed E-state index contributed by atoms with van der Waals surface area (Å²) < 4.78 is 0. The molecule has 1 rings (SSSR count). The van der Waals surface area contributed by atoms with Gasteiger partial charge in [-0.2, -0.15) is 0 Å². The van der Waals surface area contributed by atoms with E-state index in [1.807, 2.05) is 11.9 Å². The topological polar surface area (TPSA) is 20.3 Å². The van der Waals surface area contributed by atoms with Crippen LogP contribution in [0.1, 0.15) is 46.5 Å². The van der Waals surface area contributed by atoms with E-state index in [-0.39, 0.29) is 0 Å². The molecule has 1 saturated carbocycles. The lowest BCUT2D eigenvalue weighted by molar-refractivity contribution is -0.130. The molecule has 1 amide bonds. The van der Waals surface area contributed by atoms with Gasteiger partial charge in [-0.1, -0.05) is 23.3 Å². The molecule has 17 heavy (non-hydrogen) atoms. The molecule has 2 nitrogen and oxygen atoms in total.